The number of ether oxygens (including phenoxy) is 2. The summed E-state index contributed by atoms with van der Waals surface area (Å²) in [6.45, 7) is 1.55. The highest BCUT2D eigenvalue weighted by Gasteiger charge is 2.54. The van der Waals surface area contributed by atoms with E-state index in [1.807, 2.05) is 6.92 Å². The molecule has 0 saturated heterocycles. The topological polar surface area (TPSA) is 52.6 Å². The van der Waals surface area contributed by atoms with Gasteiger partial charge >= 0.3 is 5.97 Å². The van der Waals surface area contributed by atoms with Crippen molar-refractivity contribution in [1.82, 2.24) is 0 Å². The van der Waals surface area contributed by atoms with E-state index in [9.17, 15) is 9.59 Å². The molecule has 140 valence electrons. The molecule has 26 heavy (non-hydrogen) atoms. The number of hydrogen-bond acceptors (Lipinski definition) is 4. The maximum Gasteiger partial charge on any atom is 0.344 e. The van der Waals surface area contributed by atoms with Gasteiger partial charge in [0.15, 0.2) is 19.0 Å². The fraction of sp³-hybridized carbons (Fsp3) is 0.619. The Morgan fingerprint density at radius 1 is 1.08 bits per heavy atom. The van der Waals surface area contributed by atoms with Crippen molar-refractivity contribution < 1.29 is 19.1 Å². The molecule has 0 N–H and O–H groups in total. The largest absolute Gasteiger partial charge is 0.482 e. The molecule has 0 aromatic heterocycles. The lowest BCUT2D eigenvalue weighted by Gasteiger charge is -2.55. The van der Waals surface area contributed by atoms with Crippen LogP contribution in [0.1, 0.15) is 44.1 Å². The Balaban J connectivity index is 1.28. The molecule has 4 bridgehead atoms. The van der Waals surface area contributed by atoms with Gasteiger partial charge < -0.3 is 9.47 Å². The van der Waals surface area contributed by atoms with E-state index in [2.05, 4.69) is 0 Å². The van der Waals surface area contributed by atoms with Gasteiger partial charge in [0, 0.05) is 10.4 Å². The first kappa shape index (κ1) is 17.8. The number of ketones is 1. The van der Waals surface area contributed by atoms with Crippen molar-refractivity contribution in [3.05, 3.63) is 28.8 Å². The van der Waals surface area contributed by atoms with Crippen molar-refractivity contribution in [2.24, 2.45) is 23.2 Å². The van der Waals surface area contributed by atoms with Crippen molar-refractivity contribution >= 4 is 23.4 Å². The van der Waals surface area contributed by atoms with Crippen LogP contribution in [0.15, 0.2) is 18.2 Å². The molecule has 0 amide bonds. The Bertz CT molecular complexity index is 691. The molecule has 0 unspecified atom stereocenters. The minimum Gasteiger partial charge on any atom is -0.482 e. The summed E-state index contributed by atoms with van der Waals surface area (Å²) in [4.78, 5) is 24.8. The van der Waals surface area contributed by atoms with Crippen molar-refractivity contribution in [1.29, 1.82) is 0 Å². The van der Waals surface area contributed by atoms with Crippen LogP contribution in [0.4, 0.5) is 0 Å². The van der Waals surface area contributed by atoms with Crippen LogP contribution in [0.3, 0.4) is 0 Å². The molecular weight excluding hydrogens is 352 g/mol. The van der Waals surface area contributed by atoms with Crippen molar-refractivity contribution in [3.8, 4) is 5.75 Å². The predicted molar refractivity (Wildman–Crippen MR) is 98.3 cm³/mol. The van der Waals surface area contributed by atoms with E-state index in [0.29, 0.717) is 28.5 Å². The number of halogens is 1. The molecule has 0 spiro atoms. The monoisotopic (exact) mass is 376 g/mol. The van der Waals surface area contributed by atoms with Crippen LogP contribution in [0.5, 0.6) is 5.75 Å². The first-order valence-corrected chi connectivity index (χ1v) is 9.89. The SMILES string of the molecule is Cc1cc(Cl)ccc1OCC(=O)OCC(=O)C12CC3CC(CC(C3)C1)C2. The molecule has 0 atom stereocenters. The van der Waals surface area contributed by atoms with E-state index in [-0.39, 0.29) is 24.4 Å². The minimum absolute atomic E-state index is 0.117. The average Bonchev–Trinajstić information content (AvgIpc) is 2.57. The number of carbonyl (C=O) groups is 2. The Morgan fingerprint density at radius 2 is 1.69 bits per heavy atom. The number of esters is 1. The summed E-state index contributed by atoms with van der Waals surface area (Å²) in [5.41, 5.74) is 0.637. The molecule has 5 heteroatoms. The maximum atomic E-state index is 12.8. The number of carbonyl (C=O) groups excluding carboxylic acids is 2. The summed E-state index contributed by atoms with van der Waals surface area (Å²) in [6.07, 6.45) is 6.86. The van der Waals surface area contributed by atoms with Crippen molar-refractivity contribution in [2.75, 3.05) is 13.2 Å². The van der Waals surface area contributed by atoms with Gasteiger partial charge in [-0.2, -0.15) is 0 Å². The van der Waals surface area contributed by atoms with Gasteiger partial charge in [-0.15, -0.1) is 0 Å². The molecule has 1 aromatic carbocycles. The molecule has 4 saturated carbocycles. The van der Waals surface area contributed by atoms with Crippen molar-refractivity contribution in [2.45, 2.75) is 45.4 Å². The highest BCUT2D eigenvalue weighted by atomic mass is 35.5. The van der Waals surface area contributed by atoms with Gasteiger partial charge in [-0.1, -0.05) is 11.6 Å². The number of hydrogen-bond donors (Lipinski definition) is 0. The number of benzene rings is 1. The first-order valence-electron chi connectivity index (χ1n) is 9.51. The number of rotatable bonds is 6. The van der Waals surface area contributed by atoms with Gasteiger partial charge in [0.1, 0.15) is 5.75 Å². The summed E-state index contributed by atoms with van der Waals surface area (Å²) >= 11 is 5.91. The van der Waals surface area contributed by atoms with Crippen LogP contribution < -0.4 is 4.74 Å². The zero-order valence-electron chi connectivity index (χ0n) is 15.1. The van der Waals surface area contributed by atoms with Gasteiger partial charge in [-0.25, -0.2) is 4.79 Å². The molecule has 4 aliphatic rings. The average molecular weight is 377 g/mol. The second-order valence-electron chi connectivity index (χ2n) is 8.48. The Kier molecular flexibility index (Phi) is 4.72. The van der Waals surface area contributed by atoms with E-state index < -0.39 is 5.97 Å². The molecule has 0 heterocycles. The molecule has 5 rings (SSSR count). The first-order chi connectivity index (χ1) is 12.4. The zero-order valence-corrected chi connectivity index (χ0v) is 15.9. The molecule has 4 fully saturated rings. The molecular formula is C21H25ClO4. The molecule has 0 aliphatic heterocycles. The van der Waals surface area contributed by atoms with Gasteiger partial charge in [0.25, 0.3) is 0 Å². The van der Waals surface area contributed by atoms with Crippen LogP contribution in [-0.4, -0.2) is 25.0 Å². The van der Waals surface area contributed by atoms with Gasteiger partial charge in [-0.3, -0.25) is 4.79 Å². The molecule has 4 nitrogen and oxygen atoms in total. The maximum absolute atomic E-state index is 12.8. The smallest absolute Gasteiger partial charge is 0.344 e. The van der Waals surface area contributed by atoms with Crippen LogP contribution >= 0.6 is 11.6 Å². The molecule has 4 aliphatic carbocycles. The van der Waals surface area contributed by atoms with Crippen LogP contribution in [0.25, 0.3) is 0 Å². The third-order valence-corrected chi connectivity index (χ3v) is 6.71. The third kappa shape index (κ3) is 3.48. The standard InChI is InChI=1S/C21H25ClO4/c1-13-4-17(22)2-3-18(13)25-12-20(24)26-11-19(23)21-8-14-5-15(9-21)7-16(6-14)10-21/h2-4,14-16H,5-12H2,1H3. The molecule has 1 aromatic rings. The quantitative estimate of drug-likeness (QED) is 0.692. The van der Waals surface area contributed by atoms with E-state index in [4.69, 9.17) is 21.1 Å². The van der Waals surface area contributed by atoms with Crippen LogP contribution in [0.2, 0.25) is 5.02 Å². The fourth-order valence-electron chi connectivity index (χ4n) is 5.70. The van der Waals surface area contributed by atoms with Gasteiger partial charge in [0.2, 0.25) is 0 Å². The molecule has 0 radical (unpaired) electrons. The van der Waals surface area contributed by atoms with Gasteiger partial charge in [0.05, 0.1) is 0 Å². The summed E-state index contributed by atoms with van der Waals surface area (Å²) in [6, 6.07) is 5.22. The summed E-state index contributed by atoms with van der Waals surface area (Å²) in [7, 11) is 0. The summed E-state index contributed by atoms with van der Waals surface area (Å²) < 4.78 is 10.7. The Labute approximate surface area is 159 Å². The highest BCUT2D eigenvalue weighted by molar-refractivity contribution is 6.30. The lowest BCUT2D eigenvalue weighted by atomic mass is 9.48. The number of aryl methyl sites for hydroxylation is 1. The normalized spacial score (nSPS) is 31.7. The summed E-state index contributed by atoms with van der Waals surface area (Å²) in [5.74, 6) is 2.33. The van der Waals surface area contributed by atoms with Crippen LogP contribution in [0, 0.1) is 30.1 Å². The second kappa shape index (κ2) is 6.88. The second-order valence-corrected chi connectivity index (χ2v) is 8.92. The lowest BCUT2D eigenvalue weighted by molar-refractivity contribution is -0.158. The third-order valence-electron chi connectivity index (χ3n) is 6.48. The minimum atomic E-state index is -0.502. The predicted octanol–water partition coefficient (Wildman–Crippen LogP) is 4.36. The Morgan fingerprint density at radius 3 is 2.27 bits per heavy atom. The van der Waals surface area contributed by atoms with E-state index in [0.717, 1.165) is 24.8 Å². The fourth-order valence-corrected chi connectivity index (χ4v) is 5.93. The number of Topliss-reactive ketones (excluding diaryl/α,β-unsaturated/α-hetero) is 1. The van der Waals surface area contributed by atoms with Crippen molar-refractivity contribution in [3.63, 3.8) is 0 Å². The Hall–Kier alpha value is -1.55. The van der Waals surface area contributed by atoms with E-state index in [1.54, 1.807) is 18.2 Å². The van der Waals surface area contributed by atoms with Crippen LogP contribution in [-0.2, 0) is 14.3 Å². The van der Waals surface area contributed by atoms with E-state index >= 15 is 0 Å². The summed E-state index contributed by atoms with van der Waals surface area (Å²) in [5, 5.41) is 0.624. The zero-order chi connectivity index (χ0) is 18.3. The lowest BCUT2D eigenvalue weighted by Crippen LogP contribution is -2.51. The van der Waals surface area contributed by atoms with E-state index in [1.165, 1.54) is 19.3 Å². The van der Waals surface area contributed by atoms with Gasteiger partial charge in [-0.05, 0) is 87.0 Å². The highest BCUT2D eigenvalue weighted by Crippen LogP contribution is 2.60.